The molecule has 26 heavy (non-hydrogen) atoms. The lowest BCUT2D eigenvalue weighted by Gasteiger charge is -2.20. The van der Waals surface area contributed by atoms with Crippen molar-refractivity contribution in [1.82, 2.24) is 4.90 Å². The summed E-state index contributed by atoms with van der Waals surface area (Å²) in [7, 11) is 0. The number of nitrogens with two attached hydrogens (primary N) is 1. The smallest absolute Gasteiger partial charge is 0.256 e. The zero-order valence-electron chi connectivity index (χ0n) is 14.9. The molecule has 1 aliphatic carbocycles. The highest BCUT2D eigenvalue weighted by atomic mass is 19.1. The average molecular weight is 354 g/mol. The maximum Gasteiger partial charge on any atom is 0.256 e. The van der Waals surface area contributed by atoms with Crippen LogP contribution in [0.15, 0.2) is 42.5 Å². The molecule has 0 unspecified atom stereocenters. The van der Waals surface area contributed by atoms with Crippen molar-refractivity contribution in [3.63, 3.8) is 0 Å². The summed E-state index contributed by atoms with van der Waals surface area (Å²) in [6.07, 6.45) is 1.98. The van der Waals surface area contributed by atoms with E-state index in [1.54, 1.807) is 11.0 Å². The van der Waals surface area contributed by atoms with E-state index in [-0.39, 0.29) is 16.9 Å². The van der Waals surface area contributed by atoms with E-state index in [9.17, 15) is 9.18 Å². The Morgan fingerprint density at radius 1 is 1.27 bits per heavy atom. The van der Waals surface area contributed by atoms with Gasteiger partial charge in [0.05, 0.1) is 5.56 Å². The highest BCUT2D eigenvalue weighted by Crippen LogP contribution is 2.57. The number of likely N-dealkylation sites (tertiary alicyclic amines) is 1. The van der Waals surface area contributed by atoms with Crippen molar-refractivity contribution in [3.8, 4) is 11.5 Å². The fourth-order valence-electron chi connectivity index (χ4n) is 3.83. The average Bonchev–Trinajstić information content (AvgIpc) is 3.14. The number of hydrogen-bond acceptors (Lipinski definition) is 3. The zero-order valence-corrected chi connectivity index (χ0v) is 14.9. The number of ether oxygens (including phenoxy) is 1. The van der Waals surface area contributed by atoms with Gasteiger partial charge in [0.1, 0.15) is 17.3 Å². The Balaban J connectivity index is 1.50. The number of carbonyl (C=O) groups is 1. The van der Waals surface area contributed by atoms with Crippen LogP contribution in [0.3, 0.4) is 0 Å². The Morgan fingerprint density at radius 2 is 2.00 bits per heavy atom. The number of halogens is 1. The molecule has 1 heterocycles. The minimum Gasteiger partial charge on any atom is -0.457 e. The highest BCUT2D eigenvalue weighted by molar-refractivity contribution is 5.95. The summed E-state index contributed by atoms with van der Waals surface area (Å²) in [4.78, 5) is 14.5. The molecule has 2 fully saturated rings. The Kier molecular flexibility index (Phi) is 4.19. The van der Waals surface area contributed by atoms with Gasteiger partial charge in [-0.05, 0) is 66.6 Å². The summed E-state index contributed by atoms with van der Waals surface area (Å²) in [5.41, 5.74) is 7.00. The van der Waals surface area contributed by atoms with Crippen molar-refractivity contribution in [2.75, 3.05) is 19.6 Å². The molecule has 0 bridgehead atoms. The van der Waals surface area contributed by atoms with Crippen molar-refractivity contribution in [2.24, 2.45) is 17.1 Å². The Labute approximate surface area is 152 Å². The van der Waals surface area contributed by atoms with Crippen LogP contribution < -0.4 is 10.5 Å². The first-order valence-electron chi connectivity index (χ1n) is 9.04. The van der Waals surface area contributed by atoms with Crippen molar-refractivity contribution in [3.05, 3.63) is 59.4 Å². The van der Waals surface area contributed by atoms with Crippen LogP contribution in [0.1, 0.15) is 29.3 Å². The van der Waals surface area contributed by atoms with Crippen LogP contribution >= 0.6 is 0 Å². The van der Waals surface area contributed by atoms with Gasteiger partial charge in [-0.2, -0.15) is 0 Å². The summed E-state index contributed by atoms with van der Waals surface area (Å²) in [5.74, 6) is 0.912. The molecule has 1 saturated carbocycles. The summed E-state index contributed by atoms with van der Waals surface area (Å²) >= 11 is 0. The number of amides is 1. The predicted octanol–water partition coefficient (Wildman–Crippen LogP) is 3.60. The minimum absolute atomic E-state index is 0.0761. The van der Waals surface area contributed by atoms with E-state index in [1.165, 1.54) is 18.6 Å². The maximum absolute atomic E-state index is 14.2. The third kappa shape index (κ3) is 3.19. The van der Waals surface area contributed by atoms with Crippen LogP contribution in [0.5, 0.6) is 11.5 Å². The second-order valence-electron chi connectivity index (χ2n) is 7.67. The largest absolute Gasteiger partial charge is 0.457 e. The fourth-order valence-corrected chi connectivity index (χ4v) is 3.83. The van der Waals surface area contributed by atoms with Gasteiger partial charge in [0.25, 0.3) is 5.91 Å². The fraction of sp³-hybridized carbons (Fsp3) is 0.381. The molecule has 1 amide bonds. The van der Waals surface area contributed by atoms with E-state index >= 15 is 0 Å². The van der Waals surface area contributed by atoms with Crippen LogP contribution in [0.2, 0.25) is 0 Å². The molecule has 2 aromatic rings. The van der Waals surface area contributed by atoms with Crippen LogP contribution in [-0.4, -0.2) is 30.4 Å². The molecule has 5 heteroatoms. The summed E-state index contributed by atoms with van der Waals surface area (Å²) < 4.78 is 20.0. The summed E-state index contributed by atoms with van der Waals surface area (Å²) in [5, 5.41) is 0. The monoisotopic (exact) mass is 354 g/mol. The lowest BCUT2D eigenvalue weighted by molar-refractivity contribution is 0.0761. The van der Waals surface area contributed by atoms with Crippen molar-refractivity contribution < 1.29 is 13.9 Å². The van der Waals surface area contributed by atoms with Gasteiger partial charge in [-0.3, -0.25) is 4.79 Å². The highest BCUT2D eigenvalue weighted by Gasteiger charge is 2.57. The van der Waals surface area contributed by atoms with Gasteiger partial charge in [0.15, 0.2) is 0 Å². The normalized spacial score (nSPS) is 23.7. The van der Waals surface area contributed by atoms with Gasteiger partial charge in [-0.15, -0.1) is 0 Å². The Hall–Kier alpha value is -2.40. The third-order valence-electron chi connectivity index (χ3n) is 5.58. The molecule has 136 valence electrons. The predicted molar refractivity (Wildman–Crippen MR) is 97.8 cm³/mol. The molecule has 4 rings (SSSR count). The Morgan fingerprint density at radius 3 is 2.65 bits per heavy atom. The first kappa shape index (κ1) is 17.0. The number of benzene rings is 2. The van der Waals surface area contributed by atoms with Crippen molar-refractivity contribution >= 4 is 5.91 Å². The number of carbonyl (C=O) groups excluding carboxylic acids is 1. The number of hydrogen-bond donors (Lipinski definition) is 1. The maximum atomic E-state index is 14.2. The van der Waals surface area contributed by atoms with Crippen molar-refractivity contribution in [2.45, 2.75) is 19.8 Å². The number of fused-ring (bicyclic) bond motifs is 1. The van der Waals surface area contributed by atoms with Crippen molar-refractivity contribution in [1.29, 1.82) is 0 Å². The van der Waals surface area contributed by atoms with Crippen LogP contribution in [0.25, 0.3) is 0 Å². The topological polar surface area (TPSA) is 55.6 Å². The van der Waals surface area contributed by atoms with Crippen LogP contribution in [0.4, 0.5) is 4.39 Å². The van der Waals surface area contributed by atoms with E-state index in [2.05, 4.69) is 6.92 Å². The standard InChI is InChI=1S/C21H23FN2O2/c1-21-11-15(21)12-24(13-21)20(25)18-10-17(6-7-19(18)22)26-16-4-2-14(3-5-16)8-9-23/h2-7,10,15H,8-9,11-13,23H2,1H3/t15-,21+/m0/s1. The van der Waals surface area contributed by atoms with E-state index in [1.807, 2.05) is 24.3 Å². The van der Waals surface area contributed by atoms with Gasteiger partial charge < -0.3 is 15.4 Å². The minimum atomic E-state index is -0.508. The molecule has 2 atom stereocenters. The molecule has 2 N–H and O–H groups in total. The Bertz CT molecular complexity index is 836. The molecule has 4 nitrogen and oxygen atoms in total. The second kappa shape index (κ2) is 6.40. The quantitative estimate of drug-likeness (QED) is 0.892. The summed E-state index contributed by atoms with van der Waals surface area (Å²) in [6, 6.07) is 11.9. The molecule has 1 aliphatic heterocycles. The number of rotatable bonds is 5. The molecule has 0 radical (unpaired) electrons. The number of nitrogens with zero attached hydrogens (tertiary/aromatic N) is 1. The first-order chi connectivity index (χ1) is 12.5. The van der Waals surface area contributed by atoms with Gasteiger partial charge in [0.2, 0.25) is 0 Å². The molecular weight excluding hydrogens is 331 g/mol. The zero-order chi connectivity index (χ0) is 18.3. The molecule has 0 aromatic heterocycles. The molecular formula is C21H23FN2O2. The first-order valence-corrected chi connectivity index (χ1v) is 9.04. The van der Waals surface area contributed by atoms with E-state index in [0.717, 1.165) is 18.5 Å². The van der Waals surface area contributed by atoms with Crippen LogP contribution in [0, 0.1) is 17.2 Å². The second-order valence-corrected chi connectivity index (χ2v) is 7.67. The van der Waals surface area contributed by atoms with Gasteiger partial charge in [0, 0.05) is 13.1 Å². The molecule has 0 spiro atoms. The lowest BCUT2D eigenvalue weighted by Crippen LogP contribution is -2.32. The third-order valence-corrected chi connectivity index (χ3v) is 5.58. The molecule has 1 saturated heterocycles. The number of piperidine rings is 1. The van der Waals surface area contributed by atoms with Gasteiger partial charge >= 0.3 is 0 Å². The van der Waals surface area contributed by atoms with E-state index in [0.29, 0.717) is 30.5 Å². The van der Waals surface area contributed by atoms with E-state index in [4.69, 9.17) is 10.5 Å². The summed E-state index contributed by atoms with van der Waals surface area (Å²) in [6.45, 7) is 4.22. The lowest BCUT2D eigenvalue weighted by atomic mass is 10.1. The van der Waals surface area contributed by atoms with Gasteiger partial charge in [-0.25, -0.2) is 4.39 Å². The van der Waals surface area contributed by atoms with E-state index < -0.39 is 5.82 Å². The molecule has 2 aromatic carbocycles. The van der Waals surface area contributed by atoms with Gasteiger partial charge in [-0.1, -0.05) is 19.1 Å². The SMILES string of the molecule is C[C@]12C[C@H]1CN(C(=O)c1cc(Oc3ccc(CCN)cc3)ccc1F)C2. The van der Waals surface area contributed by atoms with Crippen LogP contribution in [-0.2, 0) is 6.42 Å². The molecule has 2 aliphatic rings.